The van der Waals surface area contributed by atoms with E-state index in [4.69, 9.17) is 16.0 Å². The highest BCUT2D eigenvalue weighted by molar-refractivity contribution is 5.97. The zero-order valence-corrected chi connectivity index (χ0v) is 11.6. The lowest BCUT2D eigenvalue weighted by Crippen LogP contribution is -2.18. The van der Waals surface area contributed by atoms with Gasteiger partial charge in [0.15, 0.2) is 5.84 Å². The summed E-state index contributed by atoms with van der Waals surface area (Å²) in [4.78, 5) is 0. The quantitative estimate of drug-likeness (QED) is 0.191. The van der Waals surface area contributed by atoms with E-state index in [0.717, 1.165) is 24.9 Å². The summed E-state index contributed by atoms with van der Waals surface area (Å²) in [6.07, 6.45) is 1.89. The van der Waals surface area contributed by atoms with E-state index < -0.39 is 5.82 Å². The molecule has 1 atom stereocenters. The minimum atomic E-state index is -0.417. The van der Waals surface area contributed by atoms with Crippen molar-refractivity contribution in [3.8, 4) is 0 Å². The van der Waals surface area contributed by atoms with Crippen LogP contribution in [0.5, 0.6) is 0 Å². The number of benzene rings is 1. The number of nitrogens with two attached hydrogens (primary N) is 1. The lowest BCUT2D eigenvalue weighted by atomic mass is 10.1. The van der Waals surface area contributed by atoms with Gasteiger partial charge in [0.05, 0.1) is 0 Å². The van der Waals surface area contributed by atoms with Gasteiger partial charge < -0.3 is 21.4 Å². The van der Waals surface area contributed by atoms with Crippen molar-refractivity contribution >= 4 is 5.84 Å². The molecule has 0 aliphatic carbocycles. The van der Waals surface area contributed by atoms with Crippen LogP contribution in [0.25, 0.3) is 0 Å². The maximum atomic E-state index is 13.4. The Kier molecular flexibility index (Phi) is 6.97. The van der Waals surface area contributed by atoms with Crippen LogP contribution in [0.1, 0.15) is 30.9 Å². The van der Waals surface area contributed by atoms with E-state index in [1.807, 2.05) is 6.92 Å². The molecule has 0 aromatic heterocycles. The molecule has 0 aliphatic heterocycles. The van der Waals surface area contributed by atoms with E-state index in [1.54, 1.807) is 6.07 Å². The average molecular weight is 283 g/mol. The Bertz CT molecular complexity index is 452. The highest BCUT2D eigenvalue weighted by Gasteiger charge is 2.05. The van der Waals surface area contributed by atoms with Crippen LogP contribution < -0.4 is 11.1 Å². The van der Waals surface area contributed by atoms with Crippen molar-refractivity contribution in [2.24, 2.45) is 16.8 Å². The Labute approximate surface area is 118 Å². The van der Waals surface area contributed by atoms with Gasteiger partial charge in [0.2, 0.25) is 0 Å². The summed E-state index contributed by atoms with van der Waals surface area (Å²) in [7, 11) is 0. The first-order valence-electron chi connectivity index (χ1n) is 6.65. The van der Waals surface area contributed by atoms with Gasteiger partial charge >= 0.3 is 0 Å². The Morgan fingerprint density at radius 1 is 1.45 bits per heavy atom. The van der Waals surface area contributed by atoms with Crippen LogP contribution in [0.2, 0.25) is 0 Å². The molecule has 0 saturated carbocycles. The van der Waals surface area contributed by atoms with Crippen LogP contribution in [0.15, 0.2) is 23.4 Å². The van der Waals surface area contributed by atoms with E-state index in [2.05, 4.69) is 10.5 Å². The van der Waals surface area contributed by atoms with Crippen LogP contribution in [0.4, 0.5) is 4.39 Å². The molecule has 0 heterocycles. The summed E-state index contributed by atoms with van der Waals surface area (Å²) in [5.41, 5.74) is 6.54. The van der Waals surface area contributed by atoms with Crippen LogP contribution in [0, 0.1) is 11.7 Å². The summed E-state index contributed by atoms with van der Waals surface area (Å²) in [5, 5.41) is 23.6. The number of rotatable bonds is 8. The van der Waals surface area contributed by atoms with Crippen molar-refractivity contribution in [3.05, 3.63) is 35.1 Å². The van der Waals surface area contributed by atoms with Gasteiger partial charge in [-0.2, -0.15) is 0 Å². The van der Waals surface area contributed by atoms with Crippen molar-refractivity contribution in [1.29, 1.82) is 0 Å². The smallest absolute Gasteiger partial charge is 0.170 e. The fourth-order valence-corrected chi connectivity index (χ4v) is 1.86. The molecule has 0 fully saturated rings. The van der Waals surface area contributed by atoms with E-state index in [-0.39, 0.29) is 12.4 Å². The van der Waals surface area contributed by atoms with Crippen molar-refractivity contribution in [3.63, 3.8) is 0 Å². The molecule has 1 rings (SSSR count). The monoisotopic (exact) mass is 283 g/mol. The molecule has 0 radical (unpaired) electrons. The minimum absolute atomic E-state index is 0.109. The Hall–Kier alpha value is -1.66. The molecule has 0 spiro atoms. The van der Waals surface area contributed by atoms with Gasteiger partial charge in [-0.1, -0.05) is 12.1 Å². The number of nitrogens with zero attached hydrogens (tertiary/aromatic N) is 1. The Morgan fingerprint density at radius 3 is 2.85 bits per heavy atom. The number of nitrogens with one attached hydrogen (secondary N) is 1. The fourth-order valence-electron chi connectivity index (χ4n) is 1.86. The number of aliphatic hydroxyl groups excluding tert-OH is 1. The summed E-state index contributed by atoms with van der Waals surface area (Å²) in [5.74, 6) is -0.222. The zero-order valence-electron chi connectivity index (χ0n) is 11.6. The van der Waals surface area contributed by atoms with E-state index in [1.165, 1.54) is 12.1 Å². The van der Waals surface area contributed by atoms with Gasteiger partial charge in [0, 0.05) is 18.7 Å². The van der Waals surface area contributed by atoms with Gasteiger partial charge in [-0.25, -0.2) is 4.39 Å². The molecular weight excluding hydrogens is 261 g/mol. The topological polar surface area (TPSA) is 90.9 Å². The molecular formula is C14H22FN3O2. The van der Waals surface area contributed by atoms with Crippen LogP contribution in [0.3, 0.4) is 0 Å². The van der Waals surface area contributed by atoms with E-state index in [0.29, 0.717) is 18.0 Å². The Balaban J connectivity index is 2.46. The molecule has 1 unspecified atom stereocenters. The average Bonchev–Trinajstić information content (AvgIpc) is 2.45. The second-order valence-electron chi connectivity index (χ2n) is 4.94. The van der Waals surface area contributed by atoms with Gasteiger partial charge in [-0.05, 0) is 49.1 Å². The molecule has 20 heavy (non-hydrogen) atoms. The summed E-state index contributed by atoms with van der Waals surface area (Å²) in [6, 6.07) is 4.32. The molecule has 5 nitrogen and oxygen atoms in total. The molecule has 0 saturated heterocycles. The highest BCUT2D eigenvalue weighted by Crippen LogP contribution is 2.09. The lowest BCUT2D eigenvalue weighted by molar-refractivity contribution is 0.228. The number of halogens is 1. The largest absolute Gasteiger partial charge is 0.409 e. The zero-order chi connectivity index (χ0) is 15.0. The third kappa shape index (κ3) is 5.54. The predicted molar refractivity (Wildman–Crippen MR) is 76.1 cm³/mol. The van der Waals surface area contributed by atoms with E-state index in [9.17, 15) is 4.39 Å². The summed E-state index contributed by atoms with van der Waals surface area (Å²) >= 11 is 0. The maximum absolute atomic E-state index is 13.4. The van der Waals surface area contributed by atoms with Gasteiger partial charge in [-0.15, -0.1) is 0 Å². The van der Waals surface area contributed by atoms with E-state index >= 15 is 0 Å². The molecule has 112 valence electrons. The molecule has 0 bridgehead atoms. The van der Waals surface area contributed by atoms with Crippen molar-refractivity contribution in [2.75, 3.05) is 13.2 Å². The third-order valence-corrected chi connectivity index (χ3v) is 3.05. The molecule has 6 heteroatoms. The molecule has 0 amide bonds. The van der Waals surface area contributed by atoms with Crippen LogP contribution in [-0.4, -0.2) is 29.3 Å². The van der Waals surface area contributed by atoms with Gasteiger partial charge in [0.25, 0.3) is 0 Å². The number of amidine groups is 1. The molecule has 5 N–H and O–H groups in total. The van der Waals surface area contributed by atoms with Crippen molar-refractivity contribution in [2.45, 2.75) is 26.3 Å². The summed E-state index contributed by atoms with van der Waals surface area (Å²) in [6.45, 7) is 3.50. The van der Waals surface area contributed by atoms with Crippen molar-refractivity contribution in [1.82, 2.24) is 5.32 Å². The van der Waals surface area contributed by atoms with Gasteiger partial charge in [0.1, 0.15) is 5.82 Å². The lowest BCUT2D eigenvalue weighted by Gasteiger charge is -2.09. The maximum Gasteiger partial charge on any atom is 0.170 e. The molecule has 1 aromatic carbocycles. The Morgan fingerprint density at radius 2 is 2.20 bits per heavy atom. The van der Waals surface area contributed by atoms with Gasteiger partial charge in [-0.3, -0.25) is 0 Å². The van der Waals surface area contributed by atoms with Crippen LogP contribution in [-0.2, 0) is 6.54 Å². The first-order chi connectivity index (χ1) is 9.56. The molecule has 1 aromatic rings. The van der Waals surface area contributed by atoms with Crippen molar-refractivity contribution < 1.29 is 14.7 Å². The van der Waals surface area contributed by atoms with Crippen LogP contribution >= 0.6 is 0 Å². The SMILES string of the molecule is CC(CO)CCCNCc1cc(F)cc(/C(N)=N/O)c1. The first-order valence-corrected chi connectivity index (χ1v) is 6.65. The normalized spacial score (nSPS) is 13.4. The molecule has 0 aliphatic rings. The number of hydrogen-bond acceptors (Lipinski definition) is 4. The second-order valence-corrected chi connectivity index (χ2v) is 4.94. The standard InChI is InChI=1S/C14H22FN3O2/c1-10(9-19)3-2-4-17-8-11-5-12(14(16)18-20)7-13(15)6-11/h5-7,10,17,19-20H,2-4,8-9H2,1H3,(H2,16,18). The predicted octanol–water partition coefficient (Wildman–Crippen LogP) is 1.42. The summed E-state index contributed by atoms with van der Waals surface area (Å²) < 4.78 is 13.4. The number of hydrogen-bond donors (Lipinski definition) is 4. The highest BCUT2D eigenvalue weighted by atomic mass is 19.1. The third-order valence-electron chi connectivity index (χ3n) is 3.05. The number of aliphatic hydroxyl groups is 1. The minimum Gasteiger partial charge on any atom is -0.409 e. The number of oxime groups is 1. The first kappa shape index (κ1) is 16.4. The second kappa shape index (κ2) is 8.50. The fraction of sp³-hybridized carbons (Fsp3) is 0.500.